The Bertz CT molecular complexity index is 539. The number of thiocarbonyl (C=S) groups is 1. The lowest BCUT2D eigenvalue weighted by atomic mass is 9.96. The highest BCUT2D eigenvalue weighted by molar-refractivity contribution is 7.80. The molecule has 1 aliphatic heterocycles. The maximum absolute atomic E-state index is 11.7. The van der Waals surface area contributed by atoms with Gasteiger partial charge in [0.1, 0.15) is 5.92 Å². The molecule has 1 saturated heterocycles. The number of phenolic OH excluding ortho intramolecular Hbond substituents is 1. The fourth-order valence-electron chi connectivity index (χ4n) is 1.82. The van der Waals surface area contributed by atoms with Crippen LogP contribution in [-0.4, -0.2) is 29.1 Å². The molecule has 1 aromatic carbocycles. The van der Waals surface area contributed by atoms with Crippen LogP contribution in [-0.2, 0) is 16.0 Å². The third-order valence-corrected chi connectivity index (χ3v) is 2.99. The third kappa shape index (κ3) is 2.82. The zero-order valence-corrected chi connectivity index (χ0v) is 10.9. The standard InChI is InChI=1S/C12H12N2O4S/c1-18-9-5-6(2-3-8(9)15)4-7-10(16)13-12(19)14-11(7)17/h2-3,5,7,15H,4H2,1H3,(H2,13,14,16,17,19). The molecule has 2 amide bonds. The van der Waals surface area contributed by atoms with E-state index in [0.717, 1.165) is 0 Å². The Balaban J connectivity index is 2.18. The first-order chi connectivity index (χ1) is 9.01. The van der Waals surface area contributed by atoms with E-state index in [0.29, 0.717) is 11.3 Å². The van der Waals surface area contributed by atoms with Crippen LogP contribution < -0.4 is 15.4 Å². The first-order valence-electron chi connectivity index (χ1n) is 5.53. The summed E-state index contributed by atoms with van der Waals surface area (Å²) in [7, 11) is 1.43. The highest BCUT2D eigenvalue weighted by Crippen LogP contribution is 2.27. The number of methoxy groups -OCH3 is 1. The number of hydrogen-bond donors (Lipinski definition) is 3. The van der Waals surface area contributed by atoms with E-state index in [9.17, 15) is 14.7 Å². The normalized spacial score (nSPS) is 15.9. The van der Waals surface area contributed by atoms with Crippen LogP contribution >= 0.6 is 12.2 Å². The molecule has 1 fully saturated rings. The molecule has 0 radical (unpaired) electrons. The van der Waals surface area contributed by atoms with Crippen molar-refractivity contribution in [1.29, 1.82) is 0 Å². The Kier molecular flexibility index (Phi) is 3.66. The van der Waals surface area contributed by atoms with Crippen molar-refractivity contribution < 1.29 is 19.4 Å². The first-order valence-corrected chi connectivity index (χ1v) is 5.93. The minimum absolute atomic E-state index is 0.00461. The van der Waals surface area contributed by atoms with Gasteiger partial charge in [0.05, 0.1) is 7.11 Å². The largest absolute Gasteiger partial charge is 0.504 e. The van der Waals surface area contributed by atoms with E-state index in [1.165, 1.54) is 13.2 Å². The molecule has 6 nitrogen and oxygen atoms in total. The zero-order valence-electron chi connectivity index (χ0n) is 10.1. The molecular formula is C12H12N2O4S. The average Bonchev–Trinajstić information content (AvgIpc) is 2.35. The minimum Gasteiger partial charge on any atom is -0.504 e. The summed E-state index contributed by atoms with van der Waals surface area (Å²) in [5.74, 6) is -1.41. The summed E-state index contributed by atoms with van der Waals surface area (Å²) in [6.45, 7) is 0. The van der Waals surface area contributed by atoms with Crippen molar-refractivity contribution in [2.45, 2.75) is 6.42 Å². The van der Waals surface area contributed by atoms with Crippen LogP contribution in [0.2, 0.25) is 0 Å². The molecule has 1 aliphatic rings. The molecular weight excluding hydrogens is 268 g/mol. The fraction of sp³-hybridized carbons (Fsp3) is 0.250. The van der Waals surface area contributed by atoms with E-state index in [1.807, 2.05) is 0 Å². The molecule has 3 N–H and O–H groups in total. The van der Waals surface area contributed by atoms with E-state index in [1.54, 1.807) is 12.1 Å². The molecule has 0 unspecified atom stereocenters. The van der Waals surface area contributed by atoms with Gasteiger partial charge in [-0.25, -0.2) is 0 Å². The van der Waals surface area contributed by atoms with Crippen molar-refractivity contribution in [3.63, 3.8) is 0 Å². The Morgan fingerprint density at radius 3 is 2.53 bits per heavy atom. The summed E-state index contributed by atoms with van der Waals surface area (Å²) in [5, 5.41) is 14.3. The smallest absolute Gasteiger partial charge is 0.239 e. The minimum atomic E-state index is -0.846. The highest BCUT2D eigenvalue weighted by atomic mass is 32.1. The van der Waals surface area contributed by atoms with Crippen LogP contribution in [0.15, 0.2) is 18.2 Å². The van der Waals surface area contributed by atoms with Gasteiger partial charge < -0.3 is 20.5 Å². The number of carbonyl (C=O) groups is 2. The molecule has 100 valence electrons. The second-order valence-electron chi connectivity index (χ2n) is 4.07. The molecule has 0 spiro atoms. The fourth-order valence-corrected chi connectivity index (χ4v) is 2.02. The van der Waals surface area contributed by atoms with Gasteiger partial charge in [-0.2, -0.15) is 0 Å². The number of rotatable bonds is 3. The van der Waals surface area contributed by atoms with Crippen molar-refractivity contribution in [2.24, 2.45) is 5.92 Å². The number of phenols is 1. The number of ether oxygens (including phenoxy) is 1. The lowest BCUT2D eigenvalue weighted by Gasteiger charge is -2.22. The molecule has 1 aromatic rings. The van der Waals surface area contributed by atoms with E-state index >= 15 is 0 Å². The van der Waals surface area contributed by atoms with Gasteiger partial charge in [-0.3, -0.25) is 9.59 Å². The lowest BCUT2D eigenvalue weighted by molar-refractivity contribution is -0.135. The molecule has 0 aromatic heterocycles. The van der Waals surface area contributed by atoms with Gasteiger partial charge in [0.2, 0.25) is 11.8 Å². The second-order valence-corrected chi connectivity index (χ2v) is 4.48. The first kappa shape index (κ1) is 13.3. The summed E-state index contributed by atoms with van der Waals surface area (Å²) >= 11 is 4.72. The number of amides is 2. The molecule has 1 heterocycles. The SMILES string of the molecule is COc1cc(CC2C(=O)NC(=S)NC2=O)ccc1O. The predicted molar refractivity (Wildman–Crippen MR) is 70.7 cm³/mol. The van der Waals surface area contributed by atoms with Gasteiger partial charge in [-0.05, 0) is 36.3 Å². The number of carbonyl (C=O) groups excluding carboxylic acids is 2. The summed E-state index contributed by atoms with van der Waals surface area (Å²) in [6, 6.07) is 4.67. The van der Waals surface area contributed by atoms with Crippen molar-refractivity contribution in [3.05, 3.63) is 23.8 Å². The quantitative estimate of drug-likeness (QED) is 0.539. The average molecular weight is 280 g/mol. The van der Waals surface area contributed by atoms with Crippen LogP contribution in [0.3, 0.4) is 0 Å². The Labute approximate surface area is 114 Å². The van der Waals surface area contributed by atoms with Crippen LogP contribution in [0.5, 0.6) is 11.5 Å². The van der Waals surface area contributed by atoms with Gasteiger partial charge in [-0.15, -0.1) is 0 Å². The maximum Gasteiger partial charge on any atom is 0.239 e. The molecule has 0 bridgehead atoms. The molecule has 0 atom stereocenters. The van der Waals surface area contributed by atoms with E-state index in [2.05, 4.69) is 10.6 Å². The molecule has 2 rings (SSSR count). The van der Waals surface area contributed by atoms with Crippen LogP contribution in [0.25, 0.3) is 0 Å². The number of benzene rings is 1. The van der Waals surface area contributed by atoms with E-state index in [-0.39, 0.29) is 17.3 Å². The maximum atomic E-state index is 11.7. The molecule has 0 saturated carbocycles. The van der Waals surface area contributed by atoms with Gasteiger partial charge in [0.25, 0.3) is 0 Å². The van der Waals surface area contributed by atoms with Gasteiger partial charge in [0.15, 0.2) is 16.6 Å². The van der Waals surface area contributed by atoms with Crippen LogP contribution in [0.1, 0.15) is 5.56 Å². The second kappa shape index (κ2) is 5.23. The number of hydrogen-bond acceptors (Lipinski definition) is 5. The van der Waals surface area contributed by atoms with E-state index in [4.69, 9.17) is 17.0 Å². The Hall–Kier alpha value is -2.15. The monoisotopic (exact) mass is 280 g/mol. The van der Waals surface area contributed by atoms with Gasteiger partial charge in [0, 0.05) is 0 Å². The summed E-state index contributed by atoms with van der Waals surface area (Å²) in [6.07, 6.45) is 0.205. The topological polar surface area (TPSA) is 87.7 Å². The molecule has 0 aliphatic carbocycles. The third-order valence-electron chi connectivity index (χ3n) is 2.79. The van der Waals surface area contributed by atoms with E-state index < -0.39 is 17.7 Å². The van der Waals surface area contributed by atoms with Gasteiger partial charge >= 0.3 is 0 Å². The number of aromatic hydroxyl groups is 1. The molecule has 7 heteroatoms. The molecule has 19 heavy (non-hydrogen) atoms. The summed E-state index contributed by atoms with van der Waals surface area (Å²) in [5.41, 5.74) is 0.706. The van der Waals surface area contributed by atoms with Gasteiger partial charge in [-0.1, -0.05) is 6.07 Å². The predicted octanol–water partition coefficient (Wildman–Crippen LogP) is 0.0904. The summed E-state index contributed by atoms with van der Waals surface area (Å²) < 4.78 is 4.97. The van der Waals surface area contributed by atoms with Crippen molar-refractivity contribution in [3.8, 4) is 11.5 Å². The van der Waals surface area contributed by atoms with Crippen LogP contribution in [0.4, 0.5) is 0 Å². The summed E-state index contributed by atoms with van der Waals surface area (Å²) in [4.78, 5) is 23.4. The van der Waals surface area contributed by atoms with Crippen molar-refractivity contribution >= 4 is 29.1 Å². The lowest BCUT2D eigenvalue weighted by Crippen LogP contribution is -2.56. The highest BCUT2D eigenvalue weighted by Gasteiger charge is 2.32. The van der Waals surface area contributed by atoms with Crippen molar-refractivity contribution in [2.75, 3.05) is 7.11 Å². The zero-order chi connectivity index (χ0) is 14.0. The Morgan fingerprint density at radius 1 is 1.32 bits per heavy atom. The van der Waals surface area contributed by atoms with Crippen LogP contribution in [0, 0.1) is 5.92 Å². The Morgan fingerprint density at radius 2 is 1.95 bits per heavy atom. The van der Waals surface area contributed by atoms with Crippen molar-refractivity contribution in [1.82, 2.24) is 10.6 Å². The number of nitrogens with one attached hydrogen (secondary N) is 2.